The molecular formula is C16H16ClN5O2. The maximum absolute atomic E-state index is 10.2. The van der Waals surface area contributed by atoms with Crippen molar-refractivity contribution in [3.05, 3.63) is 53.2 Å². The van der Waals surface area contributed by atoms with Gasteiger partial charge in [-0.2, -0.15) is 0 Å². The first kappa shape index (κ1) is 16.4. The van der Waals surface area contributed by atoms with Gasteiger partial charge in [0, 0.05) is 6.20 Å². The number of tetrazole rings is 1. The second-order valence-corrected chi connectivity index (χ2v) is 5.71. The summed E-state index contributed by atoms with van der Waals surface area (Å²) in [7, 11) is 0. The first-order valence-electron chi connectivity index (χ1n) is 7.38. The maximum atomic E-state index is 10.2. The Morgan fingerprint density at radius 3 is 2.96 bits per heavy atom. The van der Waals surface area contributed by atoms with Crippen LogP contribution in [-0.2, 0) is 6.54 Å². The monoisotopic (exact) mass is 345 g/mol. The van der Waals surface area contributed by atoms with Gasteiger partial charge < -0.3 is 9.84 Å². The summed E-state index contributed by atoms with van der Waals surface area (Å²) >= 11 is 6.08. The molecule has 0 bridgehead atoms. The molecule has 0 radical (unpaired) electrons. The first-order valence-corrected chi connectivity index (χ1v) is 7.76. The quantitative estimate of drug-likeness (QED) is 0.736. The SMILES string of the molecule is Cc1ccc(Cl)c(OC[C@H](O)Cn2nnnc2-c2ccccn2)c1. The van der Waals surface area contributed by atoms with Gasteiger partial charge in [0.05, 0.1) is 11.6 Å². The molecule has 7 nitrogen and oxygen atoms in total. The van der Waals surface area contributed by atoms with Gasteiger partial charge in [0.15, 0.2) is 0 Å². The second kappa shape index (κ2) is 7.37. The van der Waals surface area contributed by atoms with E-state index in [0.717, 1.165) is 5.56 Å². The zero-order chi connectivity index (χ0) is 16.9. The Hall–Kier alpha value is -2.51. The van der Waals surface area contributed by atoms with E-state index in [1.54, 1.807) is 18.3 Å². The van der Waals surface area contributed by atoms with E-state index in [1.165, 1.54) is 4.68 Å². The lowest BCUT2D eigenvalue weighted by Crippen LogP contribution is -2.25. The third kappa shape index (κ3) is 3.87. The molecular weight excluding hydrogens is 330 g/mol. The van der Waals surface area contributed by atoms with E-state index in [1.807, 2.05) is 31.2 Å². The molecule has 0 spiro atoms. The molecule has 0 amide bonds. The van der Waals surface area contributed by atoms with E-state index in [-0.39, 0.29) is 13.2 Å². The van der Waals surface area contributed by atoms with Crippen molar-refractivity contribution in [1.29, 1.82) is 0 Å². The predicted octanol–water partition coefficient (Wildman–Crippen LogP) is 2.14. The number of hydrogen-bond donors (Lipinski definition) is 1. The molecule has 0 saturated carbocycles. The molecule has 1 atom stereocenters. The Balaban J connectivity index is 1.65. The molecule has 1 N–H and O–H groups in total. The van der Waals surface area contributed by atoms with Crippen molar-refractivity contribution >= 4 is 11.6 Å². The van der Waals surface area contributed by atoms with Gasteiger partial charge in [-0.3, -0.25) is 4.98 Å². The summed E-state index contributed by atoms with van der Waals surface area (Å²) in [6, 6.07) is 10.9. The number of aryl methyl sites for hydroxylation is 1. The number of pyridine rings is 1. The molecule has 0 fully saturated rings. The van der Waals surface area contributed by atoms with Crippen LogP contribution in [0.4, 0.5) is 0 Å². The lowest BCUT2D eigenvalue weighted by molar-refractivity contribution is 0.0892. The van der Waals surface area contributed by atoms with E-state index < -0.39 is 6.10 Å². The average Bonchev–Trinajstić information content (AvgIpc) is 3.04. The molecule has 24 heavy (non-hydrogen) atoms. The van der Waals surface area contributed by atoms with Crippen LogP contribution in [0.5, 0.6) is 5.75 Å². The minimum atomic E-state index is -0.799. The predicted molar refractivity (Wildman–Crippen MR) is 88.7 cm³/mol. The van der Waals surface area contributed by atoms with Gasteiger partial charge in [-0.15, -0.1) is 5.10 Å². The van der Waals surface area contributed by atoms with Crippen molar-refractivity contribution in [2.75, 3.05) is 6.61 Å². The number of nitrogens with zero attached hydrogens (tertiary/aromatic N) is 5. The van der Waals surface area contributed by atoms with Crippen molar-refractivity contribution in [3.63, 3.8) is 0 Å². The number of benzene rings is 1. The molecule has 2 aromatic heterocycles. The summed E-state index contributed by atoms with van der Waals surface area (Å²) < 4.78 is 7.09. The summed E-state index contributed by atoms with van der Waals surface area (Å²) in [5.74, 6) is 1.03. The summed E-state index contributed by atoms with van der Waals surface area (Å²) in [5, 5.41) is 22.2. The van der Waals surface area contributed by atoms with Gasteiger partial charge in [-0.1, -0.05) is 23.7 Å². The van der Waals surface area contributed by atoms with Crippen LogP contribution in [0.1, 0.15) is 5.56 Å². The van der Waals surface area contributed by atoms with E-state index in [4.69, 9.17) is 16.3 Å². The van der Waals surface area contributed by atoms with Gasteiger partial charge in [0.2, 0.25) is 5.82 Å². The van der Waals surface area contributed by atoms with Crippen molar-refractivity contribution in [3.8, 4) is 17.3 Å². The molecule has 2 heterocycles. The van der Waals surface area contributed by atoms with E-state index in [0.29, 0.717) is 22.3 Å². The zero-order valence-electron chi connectivity index (χ0n) is 13.0. The molecule has 124 valence electrons. The number of rotatable bonds is 6. The van der Waals surface area contributed by atoms with E-state index in [2.05, 4.69) is 20.5 Å². The summed E-state index contributed by atoms with van der Waals surface area (Å²) in [6.45, 7) is 2.20. The van der Waals surface area contributed by atoms with Crippen molar-refractivity contribution in [1.82, 2.24) is 25.2 Å². The van der Waals surface area contributed by atoms with Crippen molar-refractivity contribution in [2.24, 2.45) is 0 Å². The number of aliphatic hydroxyl groups is 1. The van der Waals surface area contributed by atoms with Crippen LogP contribution < -0.4 is 4.74 Å². The highest BCUT2D eigenvalue weighted by atomic mass is 35.5. The summed E-state index contributed by atoms with van der Waals surface area (Å²) in [6.07, 6.45) is 0.862. The highest BCUT2D eigenvalue weighted by Crippen LogP contribution is 2.25. The average molecular weight is 346 g/mol. The molecule has 8 heteroatoms. The highest BCUT2D eigenvalue weighted by molar-refractivity contribution is 6.32. The van der Waals surface area contributed by atoms with Crippen LogP contribution in [0, 0.1) is 6.92 Å². The molecule has 3 rings (SSSR count). The standard InChI is InChI=1S/C16H16ClN5O2/c1-11-5-6-13(17)15(8-11)24-10-12(23)9-22-16(19-20-21-22)14-4-2-3-7-18-14/h2-8,12,23H,9-10H2,1H3/t12-/m1/s1. The molecule has 0 unspecified atom stereocenters. The Morgan fingerprint density at radius 2 is 2.17 bits per heavy atom. The zero-order valence-corrected chi connectivity index (χ0v) is 13.8. The minimum absolute atomic E-state index is 0.0741. The van der Waals surface area contributed by atoms with Gasteiger partial charge in [0.25, 0.3) is 0 Å². The molecule has 0 aliphatic carbocycles. The maximum Gasteiger partial charge on any atom is 0.200 e. The van der Waals surface area contributed by atoms with Gasteiger partial charge in [-0.25, -0.2) is 4.68 Å². The Morgan fingerprint density at radius 1 is 1.29 bits per heavy atom. The fourth-order valence-corrected chi connectivity index (χ4v) is 2.34. The molecule has 1 aromatic carbocycles. The van der Waals surface area contributed by atoms with Crippen LogP contribution >= 0.6 is 11.6 Å². The number of ether oxygens (including phenoxy) is 1. The number of hydrogen-bond acceptors (Lipinski definition) is 6. The third-order valence-electron chi connectivity index (χ3n) is 3.33. The normalized spacial score (nSPS) is 12.1. The Labute approximate surface area is 143 Å². The van der Waals surface area contributed by atoms with Gasteiger partial charge >= 0.3 is 0 Å². The Bertz CT molecular complexity index is 809. The summed E-state index contributed by atoms with van der Waals surface area (Å²) in [4.78, 5) is 4.21. The third-order valence-corrected chi connectivity index (χ3v) is 3.64. The summed E-state index contributed by atoms with van der Waals surface area (Å²) in [5.41, 5.74) is 1.67. The lowest BCUT2D eigenvalue weighted by atomic mass is 10.2. The van der Waals surface area contributed by atoms with Gasteiger partial charge in [-0.05, 0) is 47.2 Å². The largest absolute Gasteiger partial charge is 0.489 e. The Kier molecular flexibility index (Phi) is 5.02. The van der Waals surface area contributed by atoms with Crippen LogP contribution in [0.2, 0.25) is 5.02 Å². The van der Waals surface area contributed by atoms with Crippen LogP contribution in [0.3, 0.4) is 0 Å². The lowest BCUT2D eigenvalue weighted by Gasteiger charge is -2.14. The van der Waals surface area contributed by atoms with E-state index in [9.17, 15) is 5.11 Å². The van der Waals surface area contributed by atoms with E-state index >= 15 is 0 Å². The van der Waals surface area contributed by atoms with Crippen LogP contribution in [0.25, 0.3) is 11.5 Å². The molecule has 0 aliphatic rings. The fraction of sp³-hybridized carbons (Fsp3) is 0.250. The molecule has 0 saturated heterocycles. The number of aromatic nitrogens is 5. The number of aliphatic hydroxyl groups excluding tert-OH is 1. The van der Waals surface area contributed by atoms with Crippen LogP contribution in [0.15, 0.2) is 42.6 Å². The number of halogens is 1. The van der Waals surface area contributed by atoms with Crippen molar-refractivity contribution in [2.45, 2.75) is 19.6 Å². The second-order valence-electron chi connectivity index (χ2n) is 5.30. The van der Waals surface area contributed by atoms with Crippen LogP contribution in [-0.4, -0.2) is 43.0 Å². The fourth-order valence-electron chi connectivity index (χ4n) is 2.17. The first-order chi connectivity index (χ1) is 11.6. The topological polar surface area (TPSA) is 86.0 Å². The highest BCUT2D eigenvalue weighted by Gasteiger charge is 2.15. The molecule has 0 aliphatic heterocycles. The molecule has 3 aromatic rings. The smallest absolute Gasteiger partial charge is 0.200 e. The van der Waals surface area contributed by atoms with Crippen molar-refractivity contribution < 1.29 is 9.84 Å². The minimum Gasteiger partial charge on any atom is -0.489 e. The van der Waals surface area contributed by atoms with Gasteiger partial charge in [0.1, 0.15) is 24.2 Å².